The van der Waals surface area contributed by atoms with E-state index in [-0.39, 0.29) is 0 Å². The number of sulfonamides is 4. The number of alkyl halides is 12. The molecule has 36 heavy (non-hydrogen) atoms. The number of halogens is 12. The Morgan fingerprint density at radius 2 is 0.528 bits per heavy atom. The summed E-state index contributed by atoms with van der Waals surface area (Å²) in [4.78, 5) is 5.72. The second-order valence-corrected chi connectivity index (χ2v) is 11.7. The average Bonchev–Trinajstić information content (AvgIpc) is 2.58. The molecule has 2 N–H and O–H groups in total. The molecular weight excluding hydrogens is 636 g/mol. The van der Waals surface area contributed by atoms with E-state index in [0.717, 1.165) is 8.25 Å². The van der Waals surface area contributed by atoms with Crippen LogP contribution in [0.1, 0.15) is 0 Å². The van der Waals surface area contributed by atoms with E-state index >= 15 is 0 Å². The molecule has 1 heterocycles. The molecule has 28 heteroatoms. The van der Waals surface area contributed by atoms with E-state index in [4.69, 9.17) is 0 Å². The van der Waals surface area contributed by atoms with Crippen LogP contribution in [0.2, 0.25) is 0 Å². The highest BCUT2D eigenvalue weighted by Crippen LogP contribution is 2.37. The van der Waals surface area contributed by atoms with Crippen LogP contribution in [-0.4, -0.2) is 55.7 Å². The molecule has 0 saturated carbocycles. The molecule has 0 amide bonds. The molecule has 0 aliphatic carbocycles. The highest BCUT2D eigenvalue weighted by Gasteiger charge is 2.48. The number of rotatable bonds is 4. The highest BCUT2D eigenvalue weighted by molar-refractivity contribution is 8.13. The first kappa shape index (κ1) is 36.1. The Hall–Kier alpha value is -2.04. The lowest BCUT2D eigenvalue weighted by molar-refractivity contribution is -0.447. The lowest BCUT2D eigenvalue weighted by Gasteiger charge is -2.22. The number of H-pyrrole nitrogens is 2. The zero-order valence-electron chi connectivity index (χ0n) is 15.6. The first-order valence-electron chi connectivity index (χ1n) is 6.97. The normalized spacial score (nSPS) is 14.1. The van der Waals surface area contributed by atoms with Gasteiger partial charge in [-0.2, -0.15) is 52.7 Å². The molecule has 0 radical (unpaired) electrons. The smallest absolute Gasteiger partial charge is 0.421 e. The number of aromatic nitrogens is 2. The lowest BCUT2D eigenvalue weighted by Crippen LogP contribution is -2.30. The minimum Gasteiger partial charge on any atom is -0.421 e. The van der Waals surface area contributed by atoms with Gasteiger partial charge in [0.05, 0.1) is 0 Å². The van der Waals surface area contributed by atoms with Gasteiger partial charge in [0.15, 0.2) is 40.1 Å². The van der Waals surface area contributed by atoms with Crippen LogP contribution in [0.4, 0.5) is 52.7 Å². The van der Waals surface area contributed by atoms with Gasteiger partial charge in [-0.1, -0.05) is 0 Å². The quantitative estimate of drug-likeness (QED) is 0.440. The van der Waals surface area contributed by atoms with E-state index < -0.39 is 62.1 Å². The fraction of sp³-hybridized carbons (Fsp3) is 0.500. The summed E-state index contributed by atoms with van der Waals surface area (Å²) in [6.45, 7) is 0. The SMILES string of the molecule is O=S(=O)([N-]S(=O)(=O)C(F)(F)F)C(F)(F)F.O=S(=O)([N-]S(=O)(=O)C(F)(F)F)C(F)(F)F.c1c[nH+]cc[nH+]1. The largest absolute Gasteiger partial charge is 0.480 e. The molecule has 1 aromatic rings. The van der Waals surface area contributed by atoms with E-state index in [9.17, 15) is 86.4 Å². The van der Waals surface area contributed by atoms with Gasteiger partial charge in [-0.05, 0) is 0 Å². The zero-order chi connectivity index (χ0) is 29.7. The topological polar surface area (TPSA) is 193 Å². The van der Waals surface area contributed by atoms with Crippen molar-refractivity contribution in [3.05, 3.63) is 33.0 Å². The number of nitrogens with zero attached hydrogens (tertiary/aromatic N) is 2. The third-order valence-electron chi connectivity index (χ3n) is 2.11. The number of aromatic amines is 2. The van der Waals surface area contributed by atoms with Gasteiger partial charge >= 0.3 is 22.0 Å². The van der Waals surface area contributed by atoms with E-state index in [2.05, 4.69) is 9.97 Å². The third kappa shape index (κ3) is 11.3. The third-order valence-corrected chi connectivity index (χ3v) is 7.59. The van der Waals surface area contributed by atoms with Crippen LogP contribution in [0.15, 0.2) is 24.8 Å². The Morgan fingerprint density at radius 3 is 0.611 bits per heavy atom. The van der Waals surface area contributed by atoms with E-state index in [1.165, 1.54) is 0 Å². The number of hydrogen-bond donors (Lipinski definition) is 0. The van der Waals surface area contributed by atoms with Gasteiger partial charge in [0.2, 0.25) is 24.8 Å². The minimum atomic E-state index is -6.72. The van der Waals surface area contributed by atoms with Crippen LogP contribution in [0.3, 0.4) is 0 Å². The molecule has 0 aliphatic heterocycles. The summed E-state index contributed by atoms with van der Waals surface area (Å²) in [5, 5.41) is 0. The van der Waals surface area contributed by atoms with Crippen LogP contribution >= 0.6 is 0 Å². The molecule has 214 valence electrons. The second-order valence-electron chi connectivity index (χ2n) is 4.83. The van der Waals surface area contributed by atoms with Crippen molar-refractivity contribution in [2.45, 2.75) is 22.0 Å². The summed E-state index contributed by atoms with van der Waals surface area (Å²) in [5.74, 6) is 0. The molecule has 0 saturated heterocycles. The first-order valence-corrected chi connectivity index (χ1v) is 12.7. The van der Waals surface area contributed by atoms with Gasteiger partial charge in [0.25, 0.3) is 0 Å². The van der Waals surface area contributed by atoms with Gasteiger partial charge in [-0.3, -0.25) is 0 Å². The van der Waals surface area contributed by atoms with Crippen molar-refractivity contribution >= 4 is 40.1 Å². The van der Waals surface area contributed by atoms with Crippen molar-refractivity contribution in [2.75, 3.05) is 0 Å². The van der Waals surface area contributed by atoms with Crippen LogP contribution in [0, 0.1) is 0 Å². The van der Waals surface area contributed by atoms with Crippen molar-refractivity contribution in [3.63, 3.8) is 0 Å². The van der Waals surface area contributed by atoms with Crippen LogP contribution < -0.4 is 9.97 Å². The Bertz CT molecular complexity index is 1070. The van der Waals surface area contributed by atoms with Gasteiger partial charge in [-0.15, -0.1) is 0 Å². The standard InChI is InChI=1S/C4H4N2.2C2F6NO4S2/c1-2-6-4-3-5-1;2*3-1(4,5)14(10,11)9-15(12,13)2(6,7)8/h1-4H;;/q;2*-1/p+2. The fourth-order valence-corrected chi connectivity index (χ4v) is 4.15. The van der Waals surface area contributed by atoms with Gasteiger partial charge in [0.1, 0.15) is 0 Å². The van der Waals surface area contributed by atoms with Crippen LogP contribution in [0.25, 0.3) is 8.25 Å². The Balaban J connectivity index is 0. The molecule has 0 aromatic carbocycles. The maximum Gasteiger partial charge on any atom is 0.480 e. The number of hydrogen-bond acceptors (Lipinski definition) is 8. The monoisotopic (exact) mass is 642 g/mol. The van der Waals surface area contributed by atoms with Gasteiger partial charge < -0.3 is 8.25 Å². The summed E-state index contributed by atoms with van der Waals surface area (Å²) in [5.41, 5.74) is -24.8. The Labute approximate surface area is 191 Å². The minimum absolute atomic E-state index is 0.778. The van der Waals surface area contributed by atoms with Crippen molar-refractivity contribution in [1.82, 2.24) is 0 Å². The molecule has 1 rings (SSSR count). The molecule has 0 bridgehead atoms. The first-order chi connectivity index (χ1) is 15.4. The van der Waals surface area contributed by atoms with Crippen LogP contribution in [0.5, 0.6) is 0 Å². The summed E-state index contributed by atoms with van der Waals surface area (Å²) in [6, 6.07) is 0. The predicted octanol–water partition coefficient (Wildman–Crippen LogP) is 1.43. The van der Waals surface area contributed by atoms with E-state index in [1.54, 1.807) is 0 Å². The summed E-state index contributed by atoms with van der Waals surface area (Å²) in [6.07, 6.45) is 7.28. The summed E-state index contributed by atoms with van der Waals surface area (Å²) >= 11 is 0. The Kier molecular flexibility index (Phi) is 11.6. The molecule has 1 aromatic heterocycles. The zero-order valence-corrected chi connectivity index (χ0v) is 18.9. The second kappa shape index (κ2) is 11.6. The predicted molar refractivity (Wildman–Crippen MR) is 86.2 cm³/mol. The average molecular weight is 642 g/mol. The molecule has 0 atom stereocenters. The number of nitrogens with one attached hydrogen (secondary N) is 2. The van der Waals surface area contributed by atoms with Crippen LogP contribution in [-0.2, 0) is 40.1 Å². The van der Waals surface area contributed by atoms with Crippen molar-refractivity contribution in [3.8, 4) is 0 Å². The van der Waals surface area contributed by atoms with Crippen molar-refractivity contribution in [1.29, 1.82) is 0 Å². The van der Waals surface area contributed by atoms with Gasteiger partial charge in [-0.25, -0.2) is 43.6 Å². The lowest BCUT2D eigenvalue weighted by atomic mass is 10.8. The molecule has 0 fully saturated rings. The highest BCUT2D eigenvalue weighted by atomic mass is 32.3. The maximum absolute atomic E-state index is 11.4. The molecular formula is C8H6F12N4O8S4. The van der Waals surface area contributed by atoms with Crippen molar-refractivity contribution < 1.29 is 96.3 Å². The molecule has 0 aliphatic rings. The maximum atomic E-state index is 11.4. The van der Waals surface area contributed by atoms with E-state index in [1.807, 2.05) is 24.8 Å². The molecule has 12 nitrogen and oxygen atoms in total. The summed E-state index contributed by atoms with van der Waals surface area (Å²) < 4.78 is 218. The van der Waals surface area contributed by atoms with E-state index in [0.29, 0.717) is 0 Å². The summed E-state index contributed by atoms with van der Waals surface area (Å²) in [7, 11) is -26.9. The Morgan fingerprint density at radius 1 is 0.389 bits per heavy atom. The molecule has 0 spiro atoms. The fourth-order valence-electron chi connectivity index (χ4n) is 0.731. The van der Waals surface area contributed by atoms with Gasteiger partial charge in [0, 0.05) is 0 Å². The molecule has 0 unspecified atom stereocenters. The van der Waals surface area contributed by atoms with Crippen molar-refractivity contribution in [2.24, 2.45) is 0 Å².